The predicted octanol–water partition coefficient (Wildman–Crippen LogP) is 4.76. The maximum absolute atomic E-state index is 13.2. The maximum atomic E-state index is 13.2. The summed E-state index contributed by atoms with van der Waals surface area (Å²) in [7, 11) is 0. The Hall–Kier alpha value is -2.58. The Labute approximate surface area is 172 Å². The van der Waals surface area contributed by atoms with Crippen LogP contribution in [-0.2, 0) is 13.2 Å². The van der Waals surface area contributed by atoms with Crippen LogP contribution < -0.4 is 14.9 Å². The minimum Gasteiger partial charge on any atom is -0.490 e. The van der Waals surface area contributed by atoms with Gasteiger partial charge in [-0.2, -0.15) is 5.10 Å². The van der Waals surface area contributed by atoms with E-state index in [9.17, 15) is 4.39 Å². The average Bonchev–Trinajstić information content (AvgIpc) is 2.98. The van der Waals surface area contributed by atoms with Crippen molar-refractivity contribution in [2.75, 3.05) is 12.0 Å². The Morgan fingerprint density at radius 1 is 1.21 bits per heavy atom. The SMILES string of the molecule is CCOc1cc(CNn2c(C)n[nH]c2=S)ccc1OCc1ccc(F)cc1Cl. The van der Waals surface area contributed by atoms with Crippen molar-refractivity contribution in [2.24, 2.45) is 0 Å². The molecule has 0 saturated carbocycles. The number of rotatable bonds is 8. The van der Waals surface area contributed by atoms with Crippen molar-refractivity contribution in [1.82, 2.24) is 14.9 Å². The summed E-state index contributed by atoms with van der Waals surface area (Å²) in [4.78, 5) is 0. The lowest BCUT2D eigenvalue weighted by atomic mass is 10.2. The molecule has 0 atom stereocenters. The van der Waals surface area contributed by atoms with Crippen LogP contribution in [0.1, 0.15) is 23.9 Å². The molecule has 1 heterocycles. The Morgan fingerprint density at radius 2 is 2.04 bits per heavy atom. The molecule has 0 aliphatic carbocycles. The van der Waals surface area contributed by atoms with Gasteiger partial charge in [0, 0.05) is 5.56 Å². The molecule has 148 valence electrons. The zero-order valence-corrected chi connectivity index (χ0v) is 17.0. The Kier molecular flexibility index (Phi) is 6.53. The lowest BCUT2D eigenvalue weighted by Crippen LogP contribution is -2.16. The van der Waals surface area contributed by atoms with Crippen LogP contribution >= 0.6 is 23.8 Å². The molecule has 0 aliphatic rings. The number of aromatic amines is 1. The lowest BCUT2D eigenvalue weighted by Gasteiger charge is -2.15. The molecule has 0 aliphatic heterocycles. The maximum Gasteiger partial charge on any atom is 0.214 e. The van der Waals surface area contributed by atoms with Gasteiger partial charge in [0.25, 0.3) is 0 Å². The van der Waals surface area contributed by atoms with Crippen LogP contribution in [0.25, 0.3) is 0 Å². The molecule has 0 fully saturated rings. The van der Waals surface area contributed by atoms with Gasteiger partial charge in [-0.05, 0) is 55.9 Å². The molecule has 0 bridgehead atoms. The van der Waals surface area contributed by atoms with Gasteiger partial charge >= 0.3 is 0 Å². The number of ether oxygens (including phenoxy) is 2. The molecule has 0 unspecified atom stereocenters. The minimum atomic E-state index is -0.381. The summed E-state index contributed by atoms with van der Waals surface area (Å²) in [5.41, 5.74) is 4.89. The zero-order chi connectivity index (χ0) is 20.1. The molecule has 2 N–H and O–H groups in total. The van der Waals surface area contributed by atoms with Crippen molar-refractivity contribution in [3.8, 4) is 11.5 Å². The number of hydrogen-bond donors (Lipinski definition) is 2. The molecule has 0 amide bonds. The standard InChI is InChI=1S/C19H20ClFN4O2S/c1-3-26-18-8-13(10-22-25-12(2)23-24-19(25)28)4-7-17(18)27-11-14-5-6-15(21)9-16(14)20/h4-9,22H,3,10-11H2,1-2H3,(H,24,28). The number of aromatic nitrogens is 3. The summed E-state index contributed by atoms with van der Waals surface area (Å²) < 4.78 is 26.9. The van der Waals surface area contributed by atoms with Gasteiger partial charge < -0.3 is 14.9 Å². The summed E-state index contributed by atoms with van der Waals surface area (Å²) in [6.07, 6.45) is 0. The first-order chi connectivity index (χ1) is 13.5. The second-order valence-corrected chi connectivity index (χ2v) is 6.78. The highest BCUT2D eigenvalue weighted by atomic mass is 35.5. The van der Waals surface area contributed by atoms with Crippen LogP contribution in [0.15, 0.2) is 36.4 Å². The monoisotopic (exact) mass is 422 g/mol. The van der Waals surface area contributed by atoms with E-state index in [1.54, 1.807) is 10.7 Å². The minimum absolute atomic E-state index is 0.208. The molecule has 2 aromatic carbocycles. The third kappa shape index (κ3) is 4.82. The van der Waals surface area contributed by atoms with Crippen LogP contribution in [0.3, 0.4) is 0 Å². The number of H-pyrrole nitrogens is 1. The quantitative estimate of drug-likeness (QED) is 0.512. The summed E-state index contributed by atoms with van der Waals surface area (Å²) in [5.74, 6) is 1.56. The fourth-order valence-corrected chi connectivity index (χ4v) is 3.04. The molecule has 0 radical (unpaired) electrons. The predicted molar refractivity (Wildman–Crippen MR) is 109 cm³/mol. The molecule has 28 heavy (non-hydrogen) atoms. The fourth-order valence-electron chi connectivity index (χ4n) is 2.58. The van der Waals surface area contributed by atoms with Crippen LogP contribution in [0.2, 0.25) is 5.02 Å². The van der Waals surface area contributed by atoms with Crippen LogP contribution in [0.4, 0.5) is 4.39 Å². The number of aryl methyl sites for hydroxylation is 1. The molecular weight excluding hydrogens is 403 g/mol. The van der Waals surface area contributed by atoms with Gasteiger partial charge in [0.1, 0.15) is 18.2 Å². The molecular formula is C19H20ClFN4O2S. The number of halogens is 2. The van der Waals surface area contributed by atoms with Crippen molar-refractivity contribution < 1.29 is 13.9 Å². The molecule has 9 heteroatoms. The van der Waals surface area contributed by atoms with E-state index in [2.05, 4.69) is 15.6 Å². The zero-order valence-electron chi connectivity index (χ0n) is 15.5. The van der Waals surface area contributed by atoms with Gasteiger partial charge in [-0.3, -0.25) is 5.10 Å². The summed E-state index contributed by atoms with van der Waals surface area (Å²) in [5, 5.41) is 7.11. The van der Waals surface area contributed by atoms with Crippen molar-refractivity contribution in [3.05, 3.63) is 69.0 Å². The summed E-state index contributed by atoms with van der Waals surface area (Å²) in [6.45, 7) is 4.98. The largest absolute Gasteiger partial charge is 0.490 e. The van der Waals surface area contributed by atoms with Gasteiger partial charge in [0.2, 0.25) is 4.77 Å². The normalized spacial score (nSPS) is 10.7. The molecule has 6 nitrogen and oxygen atoms in total. The molecule has 0 spiro atoms. The van der Waals surface area contributed by atoms with Crippen molar-refractivity contribution in [1.29, 1.82) is 0 Å². The smallest absolute Gasteiger partial charge is 0.214 e. The van der Waals surface area contributed by atoms with E-state index in [1.807, 2.05) is 32.0 Å². The lowest BCUT2D eigenvalue weighted by molar-refractivity contribution is 0.269. The first kappa shape index (κ1) is 20.2. The third-order valence-corrected chi connectivity index (χ3v) is 4.61. The number of nitrogens with one attached hydrogen (secondary N) is 2. The van der Waals surface area contributed by atoms with E-state index in [0.29, 0.717) is 40.0 Å². The summed E-state index contributed by atoms with van der Waals surface area (Å²) in [6, 6.07) is 9.88. The highest BCUT2D eigenvalue weighted by Gasteiger charge is 2.10. The molecule has 1 aromatic heterocycles. The fraction of sp³-hybridized carbons (Fsp3) is 0.263. The molecule has 3 rings (SSSR count). The number of hydrogen-bond acceptors (Lipinski definition) is 5. The Bertz CT molecular complexity index is 1020. The topological polar surface area (TPSA) is 64.1 Å². The highest BCUT2D eigenvalue weighted by Crippen LogP contribution is 2.30. The van der Waals surface area contributed by atoms with E-state index in [-0.39, 0.29) is 12.4 Å². The van der Waals surface area contributed by atoms with Gasteiger partial charge in [0.05, 0.1) is 18.2 Å². The van der Waals surface area contributed by atoms with Gasteiger partial charge in [-0.15, -0.1) is 0 Å². The van der Waals surface area contributed by atoms with E-state index in [0.717, 1.165) is 11.4 Å². The second-order valence-electron chi connectivity index (χ2n) is 5.98. The number of nitrogens with zero attached hydrogens (tertiary/aromatic N) is 2. The third-order valence-electron chi connectivity index (χ3n) is 3.99. The molecule has 3 aromatic rings. The first-order valence-corrected chi connectivity index (χ1v) is 9.47. The van der Waals surface area contributed by atoms with Crippen LogP contribution in [0, 0.1) is 17.5 Å². The van der Waals surface area contributed by atoms with Crippen molar-refractivity contribution in [2.45, 2.75) is 27.0 Å². The van der Waals surface area contributed by atoms with E-state index in [1.165, 1.54) is 12.1 Å². The van der Waals surface area contributed by atoms with Gasteiger partial charge in [0.15, 0.2) is 11.5 Å². The van der Waals surface area contributed by atoms with E-state index >= 15 is 0 Å². The second kappa shape index (κ2) is 9.07. The van der Waals surface area contributed by atoms with Crippen molar-refractivity contribution >= 4 is 23.8 Å². The molecule has 0 saturated heterocycles. The van der Waals surface area contributed by atoms with Crippen molar-refractivity contribution in [3.63, 3.8) is 0 Å². The average molecular weight is 423 g/mol. The van der Waals surface area contributed by atoms with E-state index < -0.39 is 0 Å². The van der Waals surface area contributed by atoms with E-state index in [4.69, 9.17) is 33.3 Å². The summed E-state index contributed by atoms with van der Waals surface area (Å²) >= 11 is 11.2. The first-order valence-electron chi connectivity index (χ1n) is 8.68. The van der Waals surface area contributed by atoms with Crippen LogP contribution in [0.5, 0.6) is 11.5 Å². The highest BCUT2D eigenvalue weighted by molar-refractivity contribution is 7.71. The Balaban J connectivity index is 1.72. The van der Waals surface area contributed by atoms with Gasteiger partial charge in [-0.25, -0.2) is 9.07 Å². The Morgan fingerprint density at radius 3 is 2.71 bits per heavy atom. The van der Waals surface area contributed by atoms with Crippen LogP contribution in [-0.4, -0.2) is 21.5 Å². The number of benzene rings is 2. The van der Waals surface area contributed by atoms with Gasteiger partial charge in [-0.1, -0.05) is 23.7 Å².